The molecular weight excluding hydrogens is 259 g/mol. The van der Waals surface area contributed by atoms with E-state index in [4.69, 9.17) is 10.2 Å². The van der Waals surface area contributed by atoms with Gasteiger partial charge in [0.15, 0.2) is 0 Å². The van der Waals surface area contributed by atoms with E-state index in [9.17, 15) is 9.18 Å². The number of carbonyl (C=O) groups excluding carboxylic acids is 1. The van der Waals surface area contributed by atoms with Gasteiger partial charge in [0.05, 0.1) is 0 Å². The van der Waals surface area contributed by atoms with Crippen molar-refractivity contribution in [2.24, 2.45) is 5.73 Å². The highest BCUT2D eigenvalue weighted by Crippen LogP contribution is 2.27. The number of hydrogen-bond donors (Lipinski definition) is 2. The van der Waals surface area contributed by atoms with E-state index in [0.29, 0.717) is 35.2 Å². The number of halogens is 2. The molecule has 4 nitrogen and oxygen atoms in total. The van der Waals surface area contributed by atoms with Crippen LogP contribution in [0.4, 0.5) is 10.3 Å². The van der Waals surface area contributed by atoms with Gasteiger partial charge in [-0.2, -0.15) is 0 Å². The molecule has 3 N–H and O–H groups in total. The molecule has 1 atom stereocenters. The smallest absolute Gasteiger partial charge is 0.213 e. The first-order valence-electron chi connectivity index (χ1n) is 5.28. The molecule has 0 bridgehead atoms. The fraction of sp³-hybridized carbons (Fsp3) is 0.250. The Kier molecular flexibility index (Phi) is 4.69. The third kappa shape index (κ3) is 3.00. The Morgan fingerprint density at radius 2 is 2.22 bits per heavy atom. The van der Waals surface area contributed by atoms with E-state index in [1.165, 1.54) is 12.1 Å². The number of anilines is 1. The Morgan fingerprint density at radius 3 is 2.83 bits per heavy atom. The molecule has 0 saturated carbocycles. The van der Waals surface area contributed by atoms with Gasteiger partial charge in [-0.05, 0) is 31.0 Å². The molecular formula is C12H14ClFN2O2. The molecule has 1 amide bonds. The molecule has 0 radical (unpaired) electrons. The van der Waals surface area contributed by atoms with E-state index in [0.717, 1.165) is 0 Å². The number of nitrogens with one attached hydrogen (secondary N) is 1. The number of benzene rings is 1. The molecule has 1 aromatic heterocycles. The fourth-order valence-electron chi connectivity index (χ4n) is 1.81. The van der Waals surface area contributed by atoms with Crippen LogP contribution in [-0.2, 0) is 11.2 Å². The number of hydrogen-bond acceptors (Lipinski definition) is 3. The normalized spacial score (nSPS) is 11.9. The summed E-state index contributed by atoms with van der Waals surface area (Å²) in [4.78, 5) is 10.3. The average Bonchev–Trinajstić information content (AvgIpc) is 2.60. The maximum absolute atomic E-state index is 13.4. The number of rotatable bonds is 4. The Bertz CT molecular complexity index is 554. The Morgan fingerprint density at radius 1 is 1.50 bits per heavy atom. The summed E-state index contributed by atoms with van der Waals surface area (Å²) in [5.74, 6) is -0.0434. The monoisotopic (exact) mass is 272 g/mol. The lowest BCUT2D eigenvalue weighted by molar-refractivity contribution is -0.105. The van der Waals surface area contributed by atoms with Gasteiger partial charge < -0.3 is 10.2 Å². The van der Waals surface area contributed by atoms with Gasteiger partial charge in [0.25, 0.3) is 0 Å². The Labute approximate surface area is 110 Å². The predicted octanol–water partition coefficient (Wildman–Crippen LogP) is 2.45. The summed E-state index contributed by atoms with van der Waals surface area (Å²) in [6.45, 7) is 1.84. The topological polar surface area (TPSA) is 68.3 Å². The molecule has 0 saturated heterocycles. The highest BCUT2D eigenvalue weighted by Gasteiger charge is 2.11. The van der Waals surface area contributed by atoms with Gasteiger partial charge in [-0.1, -0.05) is 0 Å². The van der Waals surface area contributed by atoms with Crippen LogP contribution in [-0.4, -0.2) is 12.5 Å². The van der Waals surface area contributed by atoms with Crippen molar-refractivity contribution in [3.8, 4) is 0 Å². The molecule has 0 aliphatic heterocycles. The molecule has 0 aliphatic carbocycles. The molecule has 0 fully saturated rings. The highest BCUT2D eigenvalue weighted by molar-refractivity contribution is 5.86. The molecule has 1 heterocycles. The quantitative estimate of drug-likeness (QED) is 0.840. The average molecular weight is 273 g/mol. The number of fused-ring (bicyclic) bond motifs is 1. The van der Waals surface area contributed by atoms with E-state index in [-0.39, 0.29) is 24.3 Å². The lowest BCUT2D eigenvalue weighted by Crippen LogP contribution is -2.17. The molecule has 1 aromatic carbocycles. The van der Waals surface area contributed by atoms with Crippen LogP contribution in [0.5, 0.6) is 0 Å². The lowest BCUT2D eigenvalue weighted by Gasteiger charge is -2.05. The van der Waals surface area contributed by atoms with Crippen LogP contribution in [0.2, 0.25) is 0 Å². The van der Waals surface area contributed by atoms with Crippen LogP contribution in [0.25, 0.3) is 11.0 Å². The van der Waals surface area contributed by atoms with Gasteiger partial charge >= 0.3 is 0 Å². The van der Waals surface area contributed by atoms with Crippen molar-refractivity contribution >= 4 is 35.7 Å². The van der Waals surface area contributed by atoms with E-state index in [1.807, 2.05) is 6.92 Å². The van der Waals surface area contributed by atoms with Crippen molar-refractivity contribution in [2.75, 3.05) is 5.32 Å². The minimum atomic E-state index is -0.341. The fourth-order valence-corrected chi connectivity index (χ4v) is 1.81. The largest absolute Gasteiger partial charge is 0.440 e. The third-order valence-electron chi connectivity index (χ3n) is 2.40. The van der Waals surface area contributed by atoms with Crippen LogP contribution < -0.4 is 11.1 Å². The maximum Gasteiger partial charge on any atom is 0.213 e. The first-order valence-corrected chi connectivity index (χ1v) is 5.28. The van der Waals surface area contributed by atoms with Gasteiger partial charge in [-0.3, -0.25) is 10.1 Å². The van der Waals surface area contributed by atoms with Gasteiger partial charge in [-0.15, -0.1) is 12.4 Å². The standard InChI is InChI=1S/C12H13FN2O2.ClH/c1-7(14)2-8-3-10(13)4-9-5-11(15-6-16)17-12(8)9;/h3-7H,2,14H2,1H3,(H,15,16);1H. The maximum atomic E-state index is 13.4. The molecule has 0 spiro atoms. The molecule has 98 valence electrons. The van der Waals surface area contributed by atoms with E-state index in [2.05, 4.69) is 5.32 Å². The Hall–Kier alpha value is -1.59. The molecule has 6 heteroatoms. The number of amides is 1. The van der Waals surface area contributed by atoms with E-state index in [1.54, 1.807) is 6.07 Å². The zero-order valence-electron chi connectivity index (χ0n) is 9.77. The minimum Gasteiger partial charge on any atom is -0.440 e. The zero-order chi connectivity index (χ0) is 12.4. The third-order valence-corrected chi connectivity index (χ3v) is 2.40. The number of furan rings is 1. The molecule has 0 aliphatic rings. The molecule has 2 aromatic rings. The van der Waals surface area contributed by atoms with Crippen molar-refractivity contribution in [1.29, 1.82) is 0 Å². The van der Waals surface area contributed by atoms with Crippen molar-refractivity contribution in [1.82, 2.24) is 0 Å². The van der Waals surface area contributed by atoms with Crippen molar-refractivity contribution in [3.63, 3.8) is 0 Å². The summed E-state index contributed by atoms with van der Waals surface area (Å²) < 4.78 is 18.8. The van der Waals surface area contributed by atoms with Gasteiger partial charge in [0.1, 0.15) is 11.4 Å². The van der Waals surface area contributed by atoms with Gasteiger partial charge in [-0.25, -0.2) is 4.39 Å². The number of carbonyl (C=O) groups is 1. The summed E-state index contributed by atoms with van der Waals surface area (Å²) in [6, 6.07) is 4.25. The SMILES string of the molecule is CC(N)Cc1cc(F)cc2cc(NC=O)oc12.Cl. The van der Waals surface area contributed by atoms with Crippen LogP contribution in [0.1, 0.15) is 12.5 Å². The second-order valence-corrected chi connectivity index (χ2v) is 4.04. The summed E-state index contributed by atoms with van der Waals surface area (Å²) >= 11 is 0. The molecule has 1 unspecified atom stereocenters. The van der Waals surface area contributed by atoms with Crippen molar-refractivity contribution in [2.45, 2.75) is 19.4 Å². The highest BCUT2D eigenvalue weighted by atomic mass is 35.5. The molecule has 18 heavy (non-hydrogen) atoms. The summed E-state index contributed by atoms with van der Waals surface area (Å²) in [5, 5.41) is 3.01. The van der Waals surface area contributed by atoms with Crippen molar-refractivity contribution < 1.29 is 13.6 Å². The van der Waals surface area contributed by atoms with Gasteiger partial charge in [0.2, 0.25) is 12.3 Å². The summed E-state index contributed by atoms with van der Waals surface area (Å²) in [6.07, 6.45) is 1.03. The van der Waals surface area contributed by atoms with Crippen LogP contribution in [0, 0.1) is 5.82 Å². The second-order valence-electron chi connectivity index (χ2n) is 4.04. The van der Waals surface area contributed by atoms with Crippen LogP contribution in [0.15, 0.2) is 22.6 Å². The Balaban J connectivity index is 0.00000162. The van der Waals surface area contributed by atoms with Crippen LogP contribution in [0.3, 0.4) is 0 Å². The van der Waals surface area contributed by atoms with E-state index >= 15 is 0 Å². The van der Waals surface area contributed by atoms with Crippen LogP contribution >= 0.6 is 12.4 Å². The zero-order valence-corrected chi connectivity index (χ0v) is 10.6. The first-order chi connectivity index (χ1) is 8.10. The second kappa shape index (κ2) is 5.84. The lowest BCUT2D eigenvalue weighted by atomic mass is 10.1. The minimum absolute atomic E-state index is 0. The van der Waals surface area contributed by atoms with E-state index < -0.39 is 0 Å². The number of nitrogens with two attached hydrogens (primary N) is 1. The molecule has 2 rings (SSSR count). The summed E-state index contributed by atoms with van der Waals surface area (Å²) in [5.41, 5.74) is 6.96. The predicted molar refractivity (Wildman–Crippen MR) is 70.5 cm³/mol. The van der Waals surface area contributed by atoms with Crippen molar-refractivity contribution in [3.05, 3.63) is 29.6 Å². The summed E-state index contributed by atoms with van der Waals surface area (Å²) in [7, 11) is 0. The first kappa shape index (κ1) is 14.5. The van der Waals surface area contributed by atoms with Gasteiger partial charge in [0, 0.05) is 17.5 Å².